The summed E-state index contributed by atoms with van der Waals surface area (Å²) >= 11 is 1.62. The van der Waals surface area contributed by atoms with Gasteiger partial charge in [-0.15, -0.1) is 17.8 Å². The summed E-state index contributed by atoms with van der Waals surface area (Å²) in [5.74, 6) is 2.39. The minimum absolute atomic E-state index is 0.0174. The minimum atomic E-state index is -3.89. The zero-order valence-electron chi connectivity index (χ0n) is 21.4. The Hall–Kier alpha value is -3.40. The Morgan fingerprint density at radius 3 is 2.72 bits per heavy atom. The van der Waals surface area contributed by atoms with Crippen LogP contribution >= 0.6 is 11.3 Å². The van der Waals surface area contributed by atoms with E-state index >= 15 is 0 Å². The third-order valence-corrected chi connectivity index (χ3v) is 9.13. The number of fused-ring (bicyclic) bond motifs is 1. The molecule has 2 heterocycles. The van der Waals surface area contributed by atoms with E-state index in [0.717, 1.165) is 20.0 Å². The first-order valence-electron chi connectivity index (χ1n) is 12.3. The molecule has 0 fully saturated rings. The van der Waals surface area contributed by atoms with Gasteiger partial charge in [-0.2, -0.15) is 4.31 Å². The molecule has 1 aliphatic rings. The molecule has 1 aliphatic heterocycles. The summed E-state index contributed by atoms with van der Waals surface area (Å²) in [6, 6.07) is 14.0. The van der Waals surface area contributed by atoms with Crippen molar-refractivity contribution in [3.05, 3.63) is 71.3 Å². The maximum Gasteiger partial charge on any atom is 0.286 e. The second-order valence-electron chi connectivity index (χ2n) is 8.67. The third-order valence-electron chi connectivity index (χ3n) is 6.23. The first-order chi connectivity index (χ1) is 18.9. The molecule has 4 rings (SSSR count). The van der Waals surface area contributed by atoms with Gasteiger partial charge in [-0.25, -0.2) is 8.42 Å². The number of nitrogens with zero attached hydrogens (tertiary/aromatic N) is 1. The molecule has 2 N–H and O–H groups in total. The van der Waals surface area contributed by atoms with Crippen molar-refractivity contribution >= 4 is 37.4 Å². The predicted molar refractivity (Wildman–Crippen MR) is 149 cm³/mol. The molecule has 0 aliphatic carbocycles. The van der Waals surface area contributed by atoms with E-state index in [1.54, 1.807) is 29.5 Å². The average molecular weight is 571 g/mol. The van der Waals surface area contributed by atoms with Crippen LogP contribution in [-0.2, 0) is 24.3 Å². The molecular formula is C28H30N2O7S2. The molecule has 0 radical (unpaired) electrons. The molecule has 1 amide bonds. The van der Waals surface area contributed by atoms with E-state index in [2.05, 4.69) is 16.6 Å². The summed E-state index contributed by atoms with van der Waals surface area (Å²) in [7, 11) is -2.40. The molecule has 0 spiro atoms. The number of benzene rings is 2. The fourth-order valence-electron chi connectivity index (χ4n) is 4.29. The van der Waals surface area contributed by atoms with Gasteiger partial charge < -0.3 is 24.6 Å². The summed E-state index contributed by atoms with van der Waals surface area (Å²) in [6.45, 7) is -0.451. The number of ether oxygens (including phenoxy) is 3. The van der Waals surface area contributed by atoms with E-state index < -0.39 is 22.2 Å². The lowest BCUT2D eigenvalue weighted by molar-refractivity contribution is -0.146. The highest BCUT2D eigenvalue weighted by Gasteiger charge is 2.31. The molecule has 0 unspecified atom stereocenters. The lowest BCUT2D eigenvalue weighted by Crippen LogP contribution is -2.38. The molecule has 2 aromatic carbocycles. The van der Waals surface area contributed by atoms with Crippen molar-refractivity contribution in [2.45, 2.75) is 23.5 Å². The standard InChI is InChI=1S/C28H30N2O7S2/c1-3-12-29-28(32)25-17-20(24-19-38-26-7-5-4-6-23(24)26)18-27(37-25)36-16-14-30(13-15-31)39(33,34)22-10-8-21(35-2)9-11-22/h1,4-11,17,19-20,27,31H,12-16,18H2,2H3,(H,29,32)/t20-,27+/m1/s1. The SMILES string of the molecule is C#CCNC(=O)C1=C[C@@H](c2csc3ccccc23)C[C@@H](OCCN(CCO)S(=O)(=O)c2ccc(OC)cc2)O1. The Balaban J connectivity index is 1.49. The summed E-state index contributed by atoms with van der Waals surface area (Å²) in [6.07, 6.45) is 6.68. The number of nitrogens with one attached hydrogen (secondary N) is 1. The van der Waals surface area contributed by atoms with Crippen LogP contribution in [-0.4, -0.2) is 70.0 Å². The molecule has 2 atom stereocenters. The first kappa shape index (κ1) is 28.6. The highest BCUT2D eigenvalue weighted by Crippen LogP contribution is 2.38. The summed E-state index contributed by atoms with van der Waals surface area (Å²) in [5.41, 5.74) is 1.05. The lowest BCUT2D eigenvalue weighted by atomic mass is 9.92. The molecule has 0 bridgehead atoms. The average Bonchev–Trinajstić information content (AvgIpc) is 3.39. The number of hydrogen-bond acceptors (Lipinski definition) is 8. The Morgan fingerprint density at radius 1 is 1.23 bits per heavy atom. The predicted octanol–water partition coefficient (Wildman–Crippen LogP) is 3.07. The molecular weight excluding hydrogens is 540 g/mol. The number of carbonyl (C=O) groups is 1. The molecule has 1 aromatic heterocycles. The number of allylic oxidation sites excluding steroid dienone is 1. The second kappa shape index (κ2) is 13.1. The van der Waals surface area contributed by atoms with Gasteiger partial charge in [-0.05, 0) is 52.7 Å². The first-order valence-corrected chi connectivity index (χ1v) is 14.6. The van der Waals surface area contributed by atoms with Gasteiger partial charge in [0.2, 0.25) is 16.3 Å². The summed E-state index contributed by atoms with van der Waals surface area (Å²) in [5, 5.41) is 15.3. The third kappa shape index (κ3) is 6.79. The Kier molecular flexibility index (Phi) is 9.61. The molecule has 0 saturated carbocycles. The molecule has 0 saturated heterocycles. The largest absolute Gasteiger partial charge is 0.497 e. The fourth-order valence-corrected chi connectivity index (χ4v) is 6.73. The molecule has 11 heteroatoms. The van der Waals surface area contributed by atoms with Crippen LogP contribution in [0.4, 0.5) is 0 Å². The van der Waals surface area contributed by atoms with Crippen molar-refractivity contribution in [2.24, 2.45) is 0 Å². The number of carbonyl (C=O) groups excluding carboxylic acids is 1. The number of methoxy groups -OCH3 is 1. The van der Waals surface area contributed by atoms with Gasteiger partial charge in [0.05, 0.1) is 31.8 Å². The molecule has 3 aromatic rings. The number of thiophene rings is 1. The quantitative estimate of drug-likeness (QED) is 0.322. The normalized spacial score (nSPS) is 17.3. The second-order valence-corrected chi connectivity index (χ2v) is 11.5. The number of amides is 1. The fraction of sp³-hybridized carbons (Fsp3) is 0.321. The summed E-state index contributed by atoms with van der Waals surface area (Å²) in [4.78, 5) is 12.8. The van der Waals surface area contributed by atoms with Gasteiger partial charge in [0.15, 0.2) is 5.76 Å². The molecule has 39 heavy (non-hydrogen) atoms. The van der Waals surface area contributed by atoms with Gasteiger partial charge >= 0.3 is 0 Å². The van der Waals surface area contributed by atoms with Crippen molar-refractivity contribution in [1.82, 2.24) is 9.62 Å². The maximum atomic E-state index is 13.2. The van der Waals surface area contributed by atoms with Crippen LogP contribution in [0.3, 0.4) is 0 Å². The van der Waals surface area contributed by atoms with Crippen molar-refractivity contribution in [1.29, 1.82) is 0 Å². The van der Waals surface area contributed by atoms with Crippen molar-refractivity contribution in [3.63, 3.8) is 0 Å². The van der Waals surface area contributed by atoms with E-state index in [1.165, 1.54) is 19.2 Å². The van der Waals surface area contributed by atoms with Gasteiger partial charge in [0.1, 0.15) is 5.75 Å². The van der Waals surface area contributed by atoms with Crippen molar-refractivity contribution < 1.29 is 32.5 Å². The molecule has 9 nitrogen and oxygen atoms in total. The highest BCUT2D eigenvalue weighted by atomic mass is 32.2. The summed E-state index contributed by atoms with van der Waals surface area (Å²) < 4.78 is 45.6. The van der Waals surface area contributed by atoms with E-state index in [0.29, 0.717) is 12.2 Å². The highest BCUT2D eigenvalue weighted by molar-refractivity contribution is 7.89. The number of terminal acetylenes is 1. The number of rotatable bonds is 12. The van der Waals surface area contributed by atoms with E-state index in [-0.39, 0.29) is 49.4 Å². The van der Waals surface area contributed by atoms with Crippen LogP contribution in [0.2, 0.25) is 0 Å². The van der Waals surface area contributed by atoms with Gasteiger partial charge in [-0.1, -0.05) is 24.1 Å². The monoisotopic (exact) mass is 570 g/mol. The van der Waals surface area contributed by atoms with Crippen LogP contribution in [0.1, 0.15) is 17.9 Å². The number of hydrogen-bond donors (Lipinski definition) is 2. The zero-order valence-corrected chi connectivity index (χ0v) is 23.0. The number of sulfonamides is 1. The Morgan fingerprint density at radius 2 is 2.00 bits per heavy atom. The number of aliphatic hydroxyl groups excluding tert-OH is 1. The minimum Gasteiger partial charge on any atom is -0.497 e. The Bertz CT molecular complexity index is 1460. The smallest absolute Gasteiger partial charge is 0.286 e. The van der Waals surface area contributed by atoms with Gasteiger partial charge in [-0.3, -0.25) is 4.79 Å². The Labute approximate surface area is 232 Å². The van der Waals surface area contributed by atoms with Crippen LogP contribution in [0.25, 0.3) is 10.1 Å². The van der Waals surface area contributed by atoms with Crippen LogP contribution in [0, 0.1) is 12.3 Å². The lowest BCUT2D eigenvalue weighted by Gasteiger charge is -2.30. The maximum absolute atomic E-state index is 13.2. The van der Waals surface area contributed by atoms with Crippen LogP contribution in [0.5, 0.6) is 5.75 Å². The van der Waals surface area contributed by atoms with E-state index in [4.69, 9.17) is 20.6 Å². The molecule has 206 valence electrons. The van der Waals surface area contributed by atoms with E-state index in [9.17, 15) is 18.3 Å². The van der Waals surface area contributed by atoms with Crippen molar-refractivity contribution in [2.75, 3.05) is 40.0 Å². The zero-order chi connectivity index (χ0) is 27.8. The van der Waals surface area contributed by atoms with Crippen LogP contribution < -0.4 is 10.1 Å². The van der Waals surface area contributed by atoms with E-state index in [1.807, 2.05) is 24.3 Å². The van der Waals surface area contributed by atoms with Gasteiger partial charge in [0, 0.05) is 30.1 Å². The van der Waals surface area contributed by atoms with Gasteiger partial charge in [0.25, 0.3) is 5.91 Å². The number of aliphatic hydroxyl groups is 1. The van der Waals surface area contributed by atoms with Crippen LogP contribution in [0.15, 0.2) is 70.6 Å². The van der Waals surface area contributed by atoms with Crippen molar-refractivity contribution in [3.8, 4) is 18.1 Å². The topological polar surface area (TPSA) is 114 Å².